The summed E-state index contributed by atoms with van der Waals surface area (Å²) in [6.45, 7) is 3.21. The van der Waals surface area contributed by atoms with E-state index in [0.29, 0.717) is 0 Å². The van der Waals surface area contributed by atoms with Crippen LogP contribution >= 0.6 is 0 Å². The summed E-state index contributed by atoms with van der Waals surface area (Å²) in [6, 6.07) is 4.17. The molecular formula is C25H26O12. The highest BCUT2D eigenvalue weighted by Crippen LogP contribution is 2.37. The van der Waals surface area contributed by atoms with Gasteiger partial charge in [-0.25, -0.2) is 4.79 Å². The second-order valence-electron chi connectivity index (χ2n) is 8.22. The van der Waals surface area contributed by atoms with Crippen molar-refractivity contribution in [2.75, 3.05) is 6.61 Å². The molecule has 198 valence electrons. The maximum atomic E-state index is 11.7. The molecular weight excluding hydrogens is 492 g/mol. The number of carbonyl (C=O) groups is 4. The quantitative estimate of drug-likeness (QED) is 0.282. The third-order valence-corrected chi connectivity index (χ3v) is 5.37. The van der Waals surface area contributed by atoms with Gasteiger partial charge in [0.2, 0.25) is 12.1 Å². The molecule has 0 bridgehead atoms. The summed E-state index contributed by atoms with van der Waals surface area (Å²) in [5.41, 5.74) is 0.317. The van der Waals surface area contributed by atoms with Crippen molar-refractivity contribution < 1.29 is 57.5 Å². The van der Waals surface area contributed by atoms with Crippen LogP contribution in [0, 0.1) is 12.3 Å². The van der Waals surface area contributed by atoms with E-state index in [0.717, 1.165) is 0 Å². The van der Waals surface area contributed by atoms with E-state index in [9.17, 15) is 29.4 Å². The van der Waals surface area contributed by atoms with E-state index in [1.807, 2.05) is 0 Å². The number of fused-ring (bicyclic) bond motifs is 1. The minimum Gasteiger partial charge on any atom is -0.475 e. The fourth-order valence-corrected chi connectivity index (χ4v) is 3.93. The standard InChI is InChI=1S/C25H26O12/c1-5-6-17(29)15-7-8-18(16-9-20(25(30)31)37-23(15)16)35-22-10-19(33-13(3)27)24(34-14(4)28)21(36-22)11-32-12(2)26/h1,7-9,17,19,21-22,24,29H,6,10-11H2,2-4H3,(H,30,31)/t17?,19-,21?,22-,24-/m1/s1. The summed E-state index contributed by atoms with van der Waals surface area (Å²) in [5.74, 6) is -1.20. The molecule has 3 rings (SSSR count). The average Bonchev–Trinajstić information content (AvgIpc) is 3.25. The summed E-state index contributed by atoms with van der Waals surface area (Å²) < 4.78 is 33.0. The van der Waals surface area contributed by atoms with E-state index >= 15 is 0 Å². The molecule has 37 heavy (non-hydrogen) atoms. The lowest BCUT2D eigenvalue weighted by Crippen LogP contribution is -2.54. The zero-order chi connectivity index (χ0) is 27.3. The van der Waals surface area contributed by atoms with Gasteiger partial charge >= 0.3 is 23.9 Å². The Bertz CT molecular complexity index is 1220. The number of aromatic carboxylic acids is 1. The molecule has 2 heterocycles. The van der Waals surface area contributed by atoms with Crippen LogP contribution in [-0.2, 0) is 33.3 Å². The summed E-state index contributed by atoms with van der Waals surface area (Å²) in [5, 5.41) is 20.0. The van der Waals surface area contributed by atoms with E-state index in [2.05, 4.69) is 5.92 Å². The molecule has 0 amide bonds. The maximum Gasteiger partial charge on any atom is 0.371 e. The van der Waals surface area contributed by atoms with Gasteiger partial charge in [0.05, 0.1) is 17.9 Å². The zero-order valence-corrected chi connectivity index (χ0v) is 20.3. The van der Waals surface area contributed by atoms with E-state index in [1.54, 1.807) is 0 Å². The van der Waals surface area contributed by atoms with Gasteiger partial charge in [0.1, 0.15) is 30.1 Å². The highest BCUT2D eigenvalue weighted by atomic mass is 16.7. The Morgan fingerprint density at radius 3 is 2.43 bits per heavy atom. The predicted molar refractivity (Wildman–Crippen MR) is 123 cm³/mol. The third-order valence-electron chi connectivity index (χ3n) is 5.37. The molecule has 12 heteroatoms. The minimum atomic E-state index is -1.34. The molecule has 0 radical (unpaired) electrons. The number of rotatable bonds is 9. The number of hydrogen-bond acceptors (Lipinski definition) is 11. The Morgan fingerprint density at radius 1 is 1.14 bits per heavy atom. The van der Waals surface area contributed by atoms with Crippen molar-refractivity contribution >= 4 is 34.8 Å². The van der Waals surface area contributed by atoms with Gasteiger partial charge in [0.15, 0.2) is 6.10 Å². The van der Waals surface area contributed by atoms with Crippen LogP contribution in [-0.4, -0.2) is 65.3 Å². The molecule has 0 spiro atoms. The highest BCUT2D eigenvalue weighted by molar-refractivity contribution is 5.95. The molecule has 5 atom stereocenters. The second-order valence-corrected chi connectivity index (χ2v) is 8.22. The van der Waals surface area contributed by atoms with Crippen LogP contribution in [0.1, 0.15) is 55.8 Å². The van der Waals surface area contributed by atoms with E-state index < -0.39 is 60.3 Å². The van der Waals surface area contributed by atoms with Crippen molar-refractivity contribution in [1.82, 2.24) is 0 Å². The van der Waals surface area contributed by atoms with Crippen LogP contribution in [0.4, 0.5) is 0 Å². The van der Waals surface area contributed by atoms with Gasteiger partial charge in [-0.15, -0.1) is 12.3 Å². The van der Waals surface area contributed by atoms with Crippen molar-refractivity contribution in [3.05, 3.63) is 29.5 Å². The van der Waals surface area contributed by atoms with Crippen molar-refractivity contribution in [3.8, 4) is 18.1 Å². The Kier molecular flexibility index (Phi) is 8.75. The average molecular weight is 518 g/mol. The fraction of sp³-hybridized carbons (Fsp3) is 0.440. The van der Waals surface area contributed by atoms with E-state index in [1.165, 1.54) is 39.0 Å². The van der Waals surface area contributed by atoms with Crippen LogP contribution in [0.25, 0.3) is 11.0 Å². The molecule has 1 aliphatic rings. The lowest BCUT2D eigenvalue weighted by molar-refractivity contribution is -0.245. The summed E-state index contributed by atoms with van der Waals surface area (Å²) in [7, 11) is 0. The second kappa shape index (κ2) is 11.8. The van der Waals surface area contributed by atoms with E-state index in [4.69, 9.17) is 34.5 Å². The first-order chi connectivity index (χ1) is 17.5. The smallest absolute Gasteiger partial charge is 0.371 e. The Hall–Kier alpha value is -4.08. The molecule has 1 aliphatic heterocycles. The Morgan fingerprint density at radius 2 is 1.84 bits per heavy atom. The Labute approximate surface area is 211 Å². The number of furan rings is 1. The number of aliphatic hydroxyl groups is 1. The number of terminal acetylenes is 1. The Balaban J connectivity index is 1.97. The first kappa shape index (κ1) is 27.5. The molecule has 1 saturated heterocycles. The van der Waals surface area contributed by atoms with Crippen molar-refractivity contribution in [1.29, 1.82) is 0 Å². The van der Waals surface area contributed by atoms with Gasteiger partial charge in [0.25, 0.3) is 0 Å². The third kappa shape index (κ3) is 6.78. The van der Waals surface area contributed by atoms with Crippen molar-refractivity contribution in [3.63, 3.8) is 0 Å². The molecule has 2 unspecified atom stereocenters. The normalized spacial score (nSPS) is 21.9. The van der Waals surface area contributed by atoms with Crippen LogP contribution in [0.5, 0.6) is 5.75 Å². The topological polar surface area (TPSA) is 168 Å². The maximum absolute atomic E-state index is 11.7. The molecule has 12 nitrogen and oxygen atoms in total. The van der Waals surface area contributed by atoms with Crippen molar-refractivity contribution in [2.24, 2.45) is 0 Å². The molecule has 1 aromatic carbocycles. The fourth-order valence-electron chi connectivity index (χ4n) is 3.93. The van der Waals surface area contributed by atoms with E-state index in [-0.39, 0.29) is 41.7 Å². The molecule has 1 fully saturated rings. The van der Waals surface area contributed by atoms with Gasteiger partial charge in [-0.2, -0.15) is 0 Å². The van der Waals surface area contributed by atoms with Crippen molar-refractivity contribution in [2.45, 2.75) is 64.3 Å². The van der Waals surface area contributed by atoms with Gasteiger partial charge in [-0.1, -0.05) is 0 Å². The van der Waals surface area contributed by atoms with Crippen LogP contribution < -0.4 is 4.74 Å². The van der Waals surface area contributed by atoms with Gasteiger partial charge in [-0.05, 0) is 12.1 Å². The number of benzene rings is 1. The molecule has 0 aliphatic carbocycles. The predicted octanol–water partition coefficient (Wildman–Crippen LogP) is 2.11. The number of carboxylic acid groups (broad SMARTS) is 1. The first-order valence-electron chi connectivity index (χ1n) is 11.2. The summed E-state index contributed by atoms with van der Waals surface area (Å²) >= 11 is 0. The number of hydrogen-bond donors (Lipinski definition) is 2. The monoisotopic (exact) mass is 518 g/mol. The SMILES string of the molecule is C#CCC(O)c1ccc(O[C@H]2C[C@@H](OC(C)=O)[C@@H](OC(C)=O)C(COC(C)=O)O2)c2cc(C(=O)O)oc12. The minimum absolute atomic E-state index is 0.0381. The summed E-state index contributed by atoms with van der Waals surface area (Å²) in [6.07, 6.45) is -0.208. The number of carbonyl (C=O) groups excluding carboxylic acids is 3. The van der Waals surface area contributed by atoms with Gasteiger partial charge in [-0.3, -0.25) is 14.4 Å². The number of esters is 3. The number of aliphatic hydroxyl groups excluding tert-OH is 1. The van der Waals surface area contributed by atoms with Gasteiger partial charge < -0.3 is 38.3 Å². The lowest BCUT2D eigenvalue weighted by atomic mass is 10.0. The molecule has 2 aromatic rings. The zero-order valence-electron chi connectivity index (χ0n) is 20.3. The van der Waals surface area contributed by atoms with Crippen LogP contribution in [0.15, 0.2) is 22.6 Å². The van der Waals surface area contributed by atoms with Gasteiger partial charge in [0, 0.05) is 38.8 Å². The lowest BCUT2D eigenvalue weighted by Gasteiger charge is -2.39. The number of carboxylic acids is 1. The van der Waals surface area contributed by atoms with Crippen LogP contribution in [0.3, 0.4) is 0 Å². The summed E-state index contributed by atoms with van der Waals surface area (Å²) in [4.78, 5) is 46.4. The first-order valence-corrected chi connectivity index (χ1v) is 11.2. The molecule has 0 saturated carbocycles. The highest BCUT2D eigenvalue weighted by Gasteiger charge is 2.44. The molecule has 2 N–H and O–H groups in total. The largest absolute Gasteiger partial charge is 0.475 e. The number of ether oxygens (including phenoxy) is 5. The molecule has 1 aromatic heterocycles. The van der Waals surface area contributed by atoms with Crippen LogP contribution in [0.2, 0.25) is 0 Å².